The molecule has 0 unspecified atom stereocenters. The average molecular weight is 447 g/mol. The fraction of sp³-hybridized carbons (Fsp3) is 0.0909. The summed E-state index contributed by atoms with van der Waals surface area (Å²) < 4.78 is 1.66. The van der Waals surface area contributed by atoms with E-state index in [-0.39, 0.29) is 5.91 Å². The van der Waals surface area contributed by atoms with Crippen LogP contribution in [-0.2, 0) is 0 Å². The molecule has 7 heteroatoms. The predicted molar refractivity (Wildman–Crippen MR) is 120 cm³/mol. The summed E-state index contributed by atoms with van der Waals surface area (Å²) >= 11 is 18.5. The zero-order valence-electron chi connectivity index (χ0n) is 15.6. The van der Waals surface area contributed by atoms with Gasteiger partial charge in [0.1, 0.15) is 0 Å². The van der Waals surface area contributed by atoms with Crippen LogP contribution in [-0.4, -0.2) is 22.2 Å². The van der Waals surface area contributed by atoms with E-state index in [0.29, 0.717) is 33.0 Å². The molecule has 4 nitrogen and oxygen atoms in total. The monoisotopic (exact) mass is 445 g/mol. The van der Waals surface area contributed by atoms with Gasteiger partial charge in [0.2, 0.25) is 0 Å². The van der Waals surface area contributed by atoms with Crippen LogP contribution in [0.25, 0.3) is 16.9 Å². The minimum absolute atomic E-state index is 0.282. The van der Waals surface area contributed by atoms with E-state index in [4.69, 9.17) is 34.8 Å². The molecule has 3 aromatic rings. The molecule has 1 aromatic heterocycles. The lowest BCUT2D eigenvalue weighted by Gasteiger charge is -2.11. The van der Waals surface area contributed by atoms with Gasteiger partial charge >= 0.3 is 0 Å². The summed E-state index contributed by atoms with van der Waals surface area (Å²) in [5, 5.41) is 8.96. The molecule has 1 N–H and O–H groups in total. The van der Waals surface area contributed by atoms with Crippen LogP contribution in [0.3, 0.4) is 0 Å². The maximum Gasteiger partial charge on any atom is 0.272 e. The summed E-state index contributed by atoms with van der Waals surface area (Å²) in [6, 6.07) is 12.5. The second-order valence-corrected chi connectivity index (χ2v) is 7.49. The molecule has 0 radical (unpaired) electrons. The van der Waals surface area contributed by atoms with Gasteiger partial charge in [0.25, 0.3) is 5.91 Å². The third kappa shape index (κ3) is 4.73. The lowest BCUT2D eigenvalue weighted by Crippen LogP contribution is -2.24. The number of allylic oxidation sites excluding steroid dienone is 2. The van der Waals surface area contributed by atoms with Crippen molar-refractivity contribution < 1.29 is 4.79 Å². The van der Waals surface area contributed by atoms with Crippen LogP contribution in [0.5, 0.6) is 0 Å². The van der Waals surface area contributed by atoms with Crippen LogP contribution >= 0.6 is 34.8 Å². The van der Waals surface area contributed by atoms with Crippen molar-refractivity contribution in [2.24, 2.45) is 0 Å². The van der Waals surface area contributed by atoms with Crippen LogP contribution in [0.15, 0.2) is 67.3 Å². The third-order valence-electron chi connectivity index (χ3n) is 4.25. The Morgan fingerprint density at radius 3 is 2.48 bits per heavy atom. The topological polar surface area (TPSA) is 46.9 Å². The van der Waals surface area contributed by atoms with Gasteiger partial charge in [-0.15, -0.1) is 0 Å². The van der Waals surface area contributed by atoms with E-state index < -0.39 is 0 Å². The molecular formula is C22H18Cl3N3O. The highest BCUT2D eigenvalue weighted by atomic mass is 35.5. The zero-order chi connectivity index (χ0) is 21.0. The van der Waals surface area contributed by atoms with E-state index in [2.05, 4.69) is 17.0 Å². The van der Waals surface area contributed by atoms with Crippen molar-refractivity contribution in [1.29, 1.82) is 0 Å². The second kappa shape index (κ2) is 9.31. The normalized spacial score (nSPS) is 11.0. The van der Waals surface area contributed by atoms with Crippen LogP contribution in [0.1, 0.15) is 16.1 Å². The summed E-state index contributed by atoms with van der Waals surface area (Å²) in [6.45, 7) is 5.83. The number of carbonyl (C=O) groups is 1. The molecule has 0 bridgehead atoms. The number of benzene rings is 2. The Bertz CT molecular complexity index is 1090. The van der Waals surface area contributed by atoms with Crippen molar-refractivity contribution in [2.75, 3.05) is 6.54 Å². The molecule has 148 valence electrons. The van der Waals surface area contributed by atoms with E-state index in [1.807, 2.05) is 19.1 Å². The average Bonchev–Trinajstić information content (AvgIpc) is 3.03. The van der Waals surface area contributed by atoms with Crippen LogP contribution in [0.4, 0.5) is 0 Å². The zero-order valence-corrected chi connectivity index (χ0v) is 17.9. The lowest BCUT2D eigenvalue weighted by atomic mass is 10.1. The number of nitrogens with zero attached hydrogens (tertiary/aromatic N) is 2. The number of halogens is 3. The molecule has 0 fully saturated rings. The SMILES string of the molecule is C=C/C=C/CNC(=O)c1nn(-c2ccc(Cl)cc2Cl)c(-c2ccc(Cl)cc2)c1C. The minimum atomic E-state index is -0.282. The van der Waals surface area contributed by atoms with Gasteiger partial charge in [0.05, 0.1) is 16.4 Å². The van der Waals surface area contributed by atoms with Crippen LogP contribution < -0.4 is 5.32 Å². The van der Waals surface area contributed by atoms with Crippen molar-refractivity contribution in [2.45, 2.75) is 6.92 Å². The van der Waals surface area contributed by atoms with Gasteiger partial charge in [-0.2, -0.15) is 5.10 Å². The predicted octanol–water partition coefficient (Wildman–Crippen LogP) is 6.28. The molecule has 0 saturated carbocycles. The number of hydrogen-bond donors (Lipinski definition) is 1. The molecule has 0 atom stereocenters. The molecule has 0 spiro atoms. The van der Waals surface area contributed by atoms with Crippen molar-refractivity contribution in [3.05, 3.63) is 93.6 Å². The largest absolute Gasteiger partial charge is 0.347 e. The van der Waals surface area contributed by atoms with E-state index in [0.717, 1.165) is 16.8 Å². The van der Waals surface area contributed by atoms with Crippen molar-refractivity contribution in [3.63, 3.8) is 0 Å². The summed E-state index contributed by atoms with van der Waals surface area (Å²) in [7, 11) is 0. The molecule has 2 aromatic carbocycles. The van der Waals surface area contributed by atoms with E-state index in [1.165, 1.54) is 0 Å². The van der Waals surface area contributed by atoms with E-state index in [1.54, 1.807) is 53.2 Å². The van der Waals surface area contributed by atoms with Gasteiger partial charge in [-0.05, 0) is 37.3 Å². The molecule has 1 heterocycles. The van der Waals surface area contributed by atoms with E-state index in [9.17, 15) is 4.79 Å². The molecule has 0 saturated heterocycles. The first-order chi connectivity index (χ1) is 13.9. The highest BCUT2D eigenvalue weighted by Gasteiger charge is 2.22. The maximum absolute atomic E-state index is 12.7. The van der Waals surface area contributed by atoms with Crippen molar-refractivity contribution >= 4 is 40.7 Å². The molecule has 0 aliphatic carbocycles. The maximum atomic E-state index is 12.7. The van der Waals surface area contributed by atoms with Gasteiger partial charge in [-0.25, -0.2) is 4.68 Å². The van der Waals surface area contributed by atoms with Crippen molar-refractivity contribution in [3.8, 4) is 16.9 Å². The summed E-state index contributed by atoms with van der Waals surface area (Å²) in [4.78, 5) is 12.7. The summed E-state index contributed by atoms with van der Waals surface area (Å²) in [5.41, 5.74) is 3.26. The molecule has 0 aliphatic heterocycles. The Hall–Kier alpha value is -2.53. The van der Waals surface area contributed by atoms with Gasteiger partial charge in [-0.1, -0.05) is 71.7 Å². The second-order valence-electron chi connectivity index (χ2n) is 6.21. The number of rotatable bonds is 6. The van der Waals surface area contributed by atoms with Gasteiger partial charge in [0.15, 0.2) is 5.69 Å². The lowest BCUT2D eigenvalue weighted by molar-refractivity contribution is 0.0952. The summed E-state index contributed by atoms with van der Waals surface area (Å²) in [6.07, 6.45) is 5.21. The molecule has 3 rings (SSSR count). The Kier molecular flexibility index (Phi) is 6.80. The Morgan fingerprint density at radius 2 is 1.83 bits per heavy atom. The van der Waals surface area contributed by atoms with E-state index >= 15 is 0 Å². The molecule has 1 amide bonds. The smallest absolute Gasteiger partial charge is 0.272 e. The Morgan fingerprint density at radius 1 is 1.14 bits per heavy atom. The fourth-order valence-corrected chi connectivity index (χ4v) is 3.50. The molecule has 0 aliphatic rings. The van der Waals surface area contributed by atoms with Gasteiger partial charge in [0, 0.05) is 27.7 Å². The molecule has 29 heavy (non-hydrogen) atoms. The van der Waals surface area contributed by atoms with Gasteiger partial charge in [-0.3, -0.25) is 4.79 Å². The number of nitrogens with one attached hydrogen (secondary N) is 1. The first-order valence-corrected chi connectivity index (χ1v) is 9.92. The number of amides is 1. The Balaban J connectivity index is 2.12. The third-order valence-corrected chi connectivity index (χ3v) is 5.04. The fourth-order valence-electron chi connectivity index (χ4n) is 2.89. The Labute approximate surface area is 184 Å². The van der Waals surface area contributed by atoms with Gasteiger partial charge < -0.3 is 5.32 Å². The standard InChI is InChI=1S/C22H18Cl3N3O/c1-3-4-5-12-26-22(29)20-14(2)21(15-6-8-16(23)9-7-15)28(27-20)19-11-10-17(24)13-18(19)25/h3-11,13H,1,12H2,2H3,(H,26,29)/b5-4+. The van der Waals surface area contributed by atoms with Crippen LogP contribution in [0, 0.1) is 6.92 Å². The number of hydrogen-bond acceptors (Lipinski definition) is 2. The minimum Gasteiger partial charge on any atom is -0.347 e. The van der Waals surface area contributed by atoms with Crippen molar-refractivity contribution in [1.82, 2.24) is 15.1 Å². The highest BCUT2D eigenvalue weighted by Crippen LogP contribution is 2.33. The quantitative estimate of drug-likeness (QED) is 0.453. The first-order valence-electron chi connectivity index (χ1n) is 8.79. The first kappa shape index (κ1) is 21.2. The number of carbonyl (C=O) groups excluding carboxylic acids is 1. The highest BCUT2D eigenvalue weighted by molar-refractivity contribution is 6.35. The number of aromatic nitrogens is 2. The summed E-state index contributed by atoms with van der Waals surface area (Å²) in [5.74, 6) is -0.282. The van der Waals surface area contributed by atoms with Crippen LogP contribution in [0.2, 0.25) is 15.1 Å². The molecular weight excluding hydrogens is 429 g/mol.